The Labute approximate surface area is 135 Å². The lowest BCUT2D eigenvalue weighted by Gasteiger charge is -2.17. The van der Waals surface area contributed by atoms with Crippen molar-refractivity contribution in [2.75, 3.05) is 25.9 Å². The van der Waals surface area contributed by atoms with Crippen molar-refractivity contribution in [2.24, 2.45) is 0 Å². The molecule has 2 rings (SSSR count). The van der Waals surface area contributed by atoms with Gasteiger partial charge < -0.3 is 10.0 Å². The third kappa shape index (κ3) is 4.77. The van der Waals surface area contributed by atoms with E-state index < -0.39 is 16.0 Å². The molecular weight excluding hydrogens is 320 g/mol. The number of sulfonamides is 1. The number of hydrogen-bond donors (Lipinski definition) is 2. The van der Waals surface area contributed by atoms with Crippen molar-refractivity contribution >= 4 is 21.9 Å². The van der Waals surface area contributed by atoms with Gasteiger partial charge >= 0.3 is 5.97 Å². The quantitative estimate of drug-likeness (QED) is 0.791. The van der Waals surface area contributed by atoms with E-state index in [1.54, 1.807) is 29.2 Å². The Morgan fingerprint density at radius 3 is 2.70 bits per heavy atom. The maximum Gasteiger partial charge on any atom is 0.335 e. The van der Waals surface area contributed by atoms with E-state index in [0.29, 0.717) is 19.5 Å². The van der Waals surface area contributed by atoms with E-state index in [2.05, 4.69) is 4.72 Å². The lowest BCUT2D eigenvalue weighted by atomic mass is 9.93. The largest absolute Gasteiger partial charge is 0.478 e. The van der Waals surface area contributed by atoms with Gasteiger partial charge in [-0.15, -0.1) is 0 Å². The number of nitrogens with zero attached hydrogens (tertiary/aromatic N) is 1. The summed E-state index contributed by atoms with van der Waals surface area (Å²) in [5.74, 6) is -1.10. The molecule has 1 heterocycles. The second-order valence-electron chi connectivity index (χ2n) is 5.63. The van der Waals surface area contributed by atoms with Crippen LogP contribution in [0.4, 0.5) is 0 Å². The van der Waals surface area contributed by atoms with E-state index in [4.69, 9.17) is 0 Å². The van der Waals surface area contributed by atoms with Crippen molar-refractivity contribution < 1.29 is 23.1 Å². The first-order valence-corrected chi connectivity index (χ1v) is 9.21. The van der Waals surface area contributed by atoms with Crippen LogP contribution in [0.5, 0.6) is 0 Å². The van der Waals surface area contributed by atoms with Gasteiger partial charge in [0.1, 0.15) is 0 Å². The highest BCUT2D eigenvalue weighted by molar-refractivity contribution is 7.88. The Morgan fingerprint density at radius 2 is 2.04 bits per heavy atom. The van der Waals surface area contributed by atoms with Crippen molar-refractivity contribution in [3.63, 3.8) is 0 Å². The molecule has 0 aromatic heterocycles. The molecule has 8 heteroatoms. The predicted octanol–water partition coefficient (Wildman–Crippen LogP) is 0.640. The summed E-state index contributed by atoms with van der Waals surface area (Å²) < 4.78 is 24.3. The molecule has 1 aromatic carbocycles. The van der Waals surface area contributed by atoms with Gasteiger partial charge in [-0.3, -0.25) is 4.79 Å². The standard InChI is InChI=1S/C15H20N2O5S/c1-23(21,22)16-8-6-14(18)17-9-7-11(10-17)12-4-2-3-5-13(12)15(19)20/h2-5,11,16H,6-10H2,1H3,(H,19,20). The van der Waals surface area contributed by atoms with Gasteiger partial charge in [-0.05, 0) is 18.1 Å². The number of carboxylic acids is 1. The van der Waals surface area contributed by atoms with Crippen LogP contribution in [0, 0.1) is 0 Å². The minimum Gasteiger partial charge on any atom is -0.478 e. The average molecular weight is 340 g/mol. The van der Waals surface area contributed by atoms with Crippen molar-refractivity contribution in [1.29, 1.82) is 0 Å². The molecular formula is C15H20N2O5S. The van der Waals surface area contributed by atoms with Gasteiger partial charge in [-0.2, -0.15) is 0 Å². The minimum atomic E-state index is -3.30. The number of benzene rings is 1. The lowest BCUT2D eigenvalue weighted by Crippen LogP contribution is -2.32. The van der Waals surface area contributed by atoms with Gasteiger partial charge in [0, 0.05) is 32.0 Å². The van der Waals surface area contributed by atoms with Crippen LogP contribution < -0.4 is 4.72 Å². The molecule has 23 heavy (non-hydrogen) atoms. The Hall–Kier alpha value is -1.93. The molecule has 1 aliphatic heterocycles. The molecule has 0 saturated carbocycles. The van der Waals surface area contributed by atoms with E-state index >= 15 is 0 Å². The minimum absolute atomic E-state index is 0.00545. The molecule has 1 fully saturated rings. The second kappa shape index (κ2) is 7.10. The monoisotopic (exact) mass is 340 g/mol. The molecule has 0 bridgehead atoms. The number of likely N-dealkylation sites (tertiary alicyclic amines) is 1. The fraction of sp³-hybridized carbons (Fsp3) is 0.467. The number of aromatic carboxylic acids is 1. The van der Waals surface area contributed by atoms with Gasteiger partial charge in [-0.25, -0.2) is 17.9 Å². The number of carbonyl (C=O) groups excluding carboxylic acids is 1. The van der Waals surface area contributed by atoms with Crippen molar-refractivity contribution in [1.82, 2.24) is 9.62 Å². The van der Waals surface area contributed by atoms with Gasteiger partial charge in [0.25, 0.3) is 0 Å². The number of hydrogen-bond acceptors (Lipinski definition) is 4. The molecule has 1 saturated heterocycles. The third-order valence-corrected chi connectivity index (χ3v) is 4.60. The topological polar surface area (TPSA) is 104 Å². The number of rotatable bonds is 6. The maximum atomic E-state index is 12.1. The van der Waals surface area contributed by atoms with Gasteiger partial charge in [-0.1, -0.05) is 18.2 Å². The molecule has 0 radical (unpaired) electrons. The molecule has 1 aromatic rings. The summed E-state index contributed by atoms with van der Waals surface area (Å²) in [6.45, 7) is 1.09. The van der Waals surface area contributed by atoms with Gasteiger partial charge in [0.05, 0.1) is 11.8 Å². The van der Waals surface area contributed by atoms with Gasteiger partial charge in [0.2, 0.25) is 15.9 Å². The van der Waals surface area contributed by atoms with Crippen LogP contribution in [-0.2, 0) is 14.8 Å². The smallest absolute Gasteiger partial charge is 0.335 e. The summed E-state index contributed by atoms with van der Waals surface area (Å²) in [6, 6.07) is 6.83. The number of amides is 1. The summed E-state index contributed by atoms with van der Waals surface area (Å²) in [4.78, 5) is 25.0. The Kier molecular flexibility index (Phi) is 5.38. The molecule has 1 unspecified atom stereocenters. The second-order valence-corrected chi connectivity index (χ2v) is 7.47. The molecule has 7 nitrogen and oxygen atoms in total. The first-order valence-electron chi connectivity index (χ1n) is 7.32. The predicted molar refractivity (Wildman–Crippen MR) is 84.8 cm³/mol. The first kappa shape index (κ1) is 17.4. The molecule has 2 N–H and O–H groups in total. The average Bonchev–Trinajstić information content (AvgIpc) is 2.95. The maximum absolute atomic E-state index is 12.1. The summed E-state index contributed by atoms with van der Waals surface area (Å²) >= 11 is 0. The number of carboxylic acid groups (broad SMARTS) is 1. The molecule has 0 aliphatic carbocycles. The fourth-order valence-electron chi connectivity index (χ4n) is 2.79. The Bertz CT molecular complexity index is 702. The summed E-state index contributed by atoms with van der Waals surface area (Å²) in [5, 5.41) is 9.25. The molecule has 1 aliphatic rings. The number of nitrogens with one attached hydrogen (secondary N) is 1. The van der Waals surface area contributed by atoms with E-state index in [0.717, 1.165) is 11.8 Å². The van der Waals surface area contributed by atoms with Crippen molar-refractivity contribution in [2.45, 2.75) is 18.8 Å². The normalized spacial score (nSPS) is 18.1. The van der Waals surface area contributed by atoms with Crippen LogP contribution in [0.15, 0.2) is 24.3 Å². The van der Waals surface area contributed by atoms with E-state index in [9.17, 15) is 23.1 Å². The molecule has 0 spiro atoms. The molecule has 1 amide bonds. The van der Waals surface area contributed by atoms with Crippen LogP contribution in [0.25, 0.3) is 0 Å². The summed E-state index contributed by atoms with van der Waals surface area (Å²) in [6.07, 6.45) is 1.85. The Balaban J connectivity index is 1.96. The zero-order chi connectivity index (χ0) is 17.0. The third-order valence-electron chi connectivity index (χ3n) is 3.88. The number of carbonyl (C=O) groups is 2. The van der Waals surface area contributed by atoms with Crippen LogP contribution in [0.3, 0.4) is 0 Å². The van der Waals surface area contributed by atoms with Crippen LogP contribution >= 0.6 is 0 Å². The van der Waals surface area contributed by atoms with E-state index in [-0.39, 0.29) is 30.4 Å². The highest BCUT2D eigenvalue weighted by Gasteiger charge is 2.29. The fourth-order valence-corrected chi connectivity index (χ4v) is 3.26. The summed E-state index contributed by atoms with van der Waals surface area (Å²) in [7, 11) is -3.30. The molecule has 1 atom stereocenters. The van der Waals surface area contributed by atoms with Crippen molar-refractivity contribution in [3.8, 4) is 0 Å². The lowest BCUT2D eigenvalue weighted by molar-refractivity contribution is -0.130. The van der Waals surface area contributed by atoms with E-state index in [1.165, 1.54) is 0 Å². The zero-order valence-corrected chi connectivity index (χ0v) is 13.7. The van der Waals surface area contributed by atoms with Crippen LogP contribution in [0.1, 0.15) is 34.7 Å². The zero-order valence-electron chi connectivity index (χ0n) is 12.9. The van der Waals surface area contributed by atoms with E-state index in [1.807, 2.05) is 0 Å². The Morgan fingerprint density at radius 1 is 1.35 bits per heavy atom. The summed E-state index contributed by atoms with van der Waals surface area (Å²) in [5.41, 5.74) is 1.01. The first-order chi connectivity index (χ1) is 10.8. The molecule has 126 valence electrons. The highest BCUT2D eigenvalue weighted by Crippen LogP contribution is 2.29. The van der Waals surface area contributed by atoms with Crippen LogP contribution in [-0.4, -0.2) is 56.2 Å². The van der Waals surface area contributed by atoms with Crippen LogP contribution in [0.2, 0.25) is 0 Å². The highest BCUT2D eigenvalue weighted by atomic mass is 32.2. The van der Waals surface area contributed by atoms with Gasteiger partial charge in [0.15, 0.2) is 0 Å². The van der Waals surface area contributed by atoms with Crippen molar-refractivity contribution in [3.05, 3.63) is 35.4 Å². The SMILES string of the molecule is CS(=O)(=O)NCCC(=O)N1CCC(c2ccccc2C(=O)O)C1.